The van der Waals surface area contributed by atoms with Gasteiger partial charge in [0.2, 0.25) is 17.6 Å². The van der Waals surface area contributed by atoms with Crippen LogP contribution in [-0.4, -0.2) is 52.2 Å². The van der Waals surface area contributed by atoms with E-state index >= 15 is 0 Å². The van der Waals surface area contributed by atoms with Crippen molar-refractivity contribution in [1.29, 1.82) is 0 Å². The molecule has 0 bridgehead atoms. The molecule has 2 saturated heterocycles. The summed E-state index contributed by atoms with van der Waals surface area (Å²) in [5, 5.41) is 4.08. The van der Waals surface area contributed by atoms with Crippen LogP contribution in [0.2, 0.25) is 0 Å². The minimum atomic E-state index is -0.498. The minimum absolute atomic E-state index is 0.0784. The molecule has 0 aliphatic carbocycles. The second-order valence-electron chi connectivity index (χ2n) is 7.66. The van der Waals surface area contributed by atoms with Crippen LogP contribution in [0.4, 0.5) is 0 Å². The van der Waals surface area contributed by atoms with Crippen molar-refractivity contribution in [3.8, 4) is 11.4 Å². The predicted molar refractivity (Wildman–Crippen MR) is 105 cm³/mol. The van der Waals surface area contributed by atoms with Crippen LogP contribution in [0.25, 0.3) is 11.4 Å². The van der Waals surface area contributed by atoms with Crippen molar-refractivity contribution in [3.63, 3.8) is 0 Å². The lowest BCUT2D eigenvalue weighted by Crippen LogP contribution is -2.57. The summed E-state index contributed by atoms with van der Waals surface area (Å²) in [5.74, 6) is 1.39. The number of benzene rings is 1. The normalized spacial score (nSPS) is 19.0. The number of ether oxygens (including phenoxy) is 1. The Morgan fingerprint density at radius 1 is 1.03 bits per heavy atom. The van der Waals surface area contributed by atoms with Gasteiger partial charge in [-0.1, -0.05) is 35.5 Å². The molecule has 0 saturated carbocycles. The zero-order valence-corrected chi connectivity index (χ0v) is 16.0. The molecule has 3 aromatic rings. The Hall–Kier alpha value is -3.06. The highest BCUT2D eigenvalue weighted by Gasteiger charge is 2.48. The molecular formula is C22H22N4O3. The second kappa shape index (κ2) is 7.40. The van der Waals surface area contributed by atoms with Gasteiger partial charge in [-0.15, -0.1) is 0 Å². The number of hydrogen-bond acceptors (Lipinski definition) is 6. The van der Waals surface area contributed by atoms with E-state index in [1.807, 2.05) is 35.2 Å². The Kier molecular flexibility index (Phi) is 4.60. The summed E-state index contributed by atoms with van der Waals surface area (Å²) in [7, 11) is 0. The smallest absolute Gasteiger partial charge is 0.233 e. The van der Waals surface area contributed by atoms with Crippen molar-refractivity contribution in [2.45, 2.75) is 24.2 Å². The Labute approximate surface area is 168 Å². The first-order valence-corrected chi connectivity index (χ1v) is 9.93. The van der Waals surface area contributed by atoms with Gasteiger partial charge in [0, 0.05) is 44.3 Å². The van der Waals surface area contributed by atoms with Crippen LogP contribution in [0.3, 0.4) is 0 Å². The second-order valence-corrected chi connectivity index (χ2v) is 7.66. The van der Waals surface area contributed by atoms with E-state index in [2.05, 4.69) is 27.3 Å². The average Bonchev–Trinajstić information content (AvgIpc) is 3.24. The van der Waals surface area contributed by atoms with E-state index in [0.717, 1.165) is 11.1 Å². The summed E-state index contributed by atoms with van der Waals surface area (Å²) < 4.78 is 11.0. The molecule has 2 aliphatic rings. The Balaban J connectivity index is 1.31. The van der Waals surface area contributed by atoms with Gasteiger partial charge in [-0.05, 0) is 30.5 Å². The number of rotatable bonds is 4. The van der Waals surface area contributed by atoms with Gasteiger partial charge < -0.3 is 14.2 Å². The molecule has 7 heteroatoms. The first-order valence-electron chi connectivity index (χ1n) is 9.93. The molecule has 1 amide bonds. The van der Waals surface area contributed by atoms with Gasteiger partial charge in [-0.3, -0.25) is 9.78 Å². The number of nitrogens with zero attached hydrogens (tertiary/aromatic N) is 4. The Morgan fingerprint density at radius 2 is 1.76 bits per heavy atom. The summed E-state index contributed by atoms with van der Waals surface area (Å²) in [6.07, 6.45) is 4.82. The third kappa shape index (κ3) is 3.21. The van der Waals surface area contributed by atoms with Crippen molar-refractivity contribution < 1.29 is 14.1 Å². The maximum absolute atomic E-state index is 13.5. The highest BCUT2D eigenvalue weighted by atomic mass is 16.5. The highest BCUT2D eigenvalue weighted by molar-refractivity contribution is 5.89. The van der Waals surface area contributed by atoms with Gasteiger partial charge in [0.25, 0.3) is 0 Å². The molecule has 0 atom stereocenters. The molecule has 1 aromatic carbocycles. The van der Waals surface area contributed by atoms with Gasteiger partial charge in [0.05, 0.1) is 11.3 Å². The van der Waals surface area contributed by atoms with Crippen molar-refractivity contribution in [1.82, 2.24) is 20.0 Å². The molecule has 0 spiro atoms. The molecular weight excluding hydrogens is 368 g/mol. The van der Waals surface area contributed by atoms with E-state index in [1.54, 1.807) is 12.4 Å². The summed E-state index contributed by atoms with van der Waals surface area (Å²) in [6.45, 7) is 2.42. The molecule has 29 heavy (non-hydrogen) atoms. The summed E-state index contributed by atoms with van der Waals surface area (Å²) in [4.78, 5) is 23.9. The molecule has 148 valence electrons. The quantitative estimate of drug-likeness (QED) is 0.681. The Morgan fingerprint density at radius 3 is 2.48 bits per heavy atom. The highest BCUT2D eigenvalue weighted by Crippen LogP contribution is 2.39. The molecule has 0 radical (unpaired) electrons. The number of likely N-dealkylation sites (tertiary alicyclic amines) is 1. The van der Waals surface area contributed by atoms with Crippen LogP contribution in [0.1, 0.15) is 30.2 Å². The van der Waals surface area contributed by atoms with Crippen LogP contribution < -0.4 is 0 Å². The van der Waals surface area contributed by atoms with Gasteiger partial charge in [-0.2, -0.15) is 4.98 Å². The van der Waals surface area contributed by atoms with E-state index in [-0.39, 0.29) is 11.8 Å². The summed E-state index contributed by atoms with van der Waals surface area (Å²) >= 11 is 0. The molecule has 0 unspecified atom stereocenters. The van der Waals surface area contributed by atoms with E-state index in [4.69, 9.17) is 9.26 Å². The van der Waals surface area contributed by atoms with Crippen LogP contribution in [0.15, 0.2) is 59.4 Å². The van der Waals surface area contributed by atoms with Crippen LogP contribution in [0, 0.1) is 0 Å². The zero-order valence-electron chi connectivity index (χ0n) is 16.0. The van der Waals surface area contributed by atoms with Gasteiger partial charge >= 0.3 is 0 Å². The number of amides is 1. The predicted octanol–water partition coefficient (Wildman–Crippen LogP) is 2.81. The van der Waals surface area contributed by atoms with Crippen molar-refractivity contribution in [3.05, 3.63) is 66.3 Å². The lowest BCUT2D eigenvalue weighted by Gasteiger charge is -2.45. The number of pyridine rings is 1. The van der Waals surface area contributed by atoms with Crippen LogP contribution >= 0.6 is 0 Å². The van der Waals surface area contributed by atoms with E-state index in [9.17, 15) is 4.79 Å². The Bertz CT molecular complexity index is 978. The average molecular weight is 390 g/mol. The third-order valence-electron chi connectivity index (χ3n) is 5.98. The number of aromatic nitrogens is 3. The van der Waals surface area contributed by atoms with E-state index in [1.165, 1.54) is 0 Å². The first-order chi connectivity index (χ1) is 14.3. The SMILES string of the molecule is O=C(N1CC(c2nc(-c3ccncc3)no2)C1)C1(c2ccccc2)CCOCC1. The minimum Gasteiger partial charge on any atom is -0.381 e. The molecule has 0 N–H and O–H groups in total. The number of carbonyl (C=O) groups excluding carboxylic acids is 1. The lowest BCUT2D eigenvalue weighted by atomic mass is 9.72. The third-order valence-corrected chi connectivity index (χ3v) is 5.98. The fraction of sp³-hybridized carbons (Fsp3) is 0.364. The molecule has 5 rings (SSSR count). The van der Waals surface area contributed by atoms with E-state index < -0.39 is 5.41 Å². The number of carbonyl (C=O) groups is 1. The topological polar surface area (TPSA) is 81.4 Å². The maximum atomic E-state index is 13.5. The lowest BCUT2D eigenvalue weighted by molar-refractivity contribution is -0.146. The largest absolute Gasteiger partial charge is 0.381 e. The van der Waals surface area contributed by atoms with Gasteiger partial charge in [0.15, 0.2) is 0 Å². The van der Waals surface area contributed by atoms with E-state index in [0.29, 0.717) is 50.9 Å². The molecule has 7 nitrogen and oxygen atoms in total. The maximum Gasteiger partial charge on any atom is 0.233 e. The molecule has 4 heterocycles. The van der Waals surface area contributed by atoms with Crippen LogP contribution in [0.5, 0.6) is 0 Å². The van der Waals surface area contributed by atoms with Gasteiger partial charge in [-0.25, -0.2) is 0 Å². The van der Waals surface area contributed by atoms with Crippen LogP contribution in [-0.2, 0) is 14.9 Å². The summed E-state index contributed by atoms with van der Waals surface area (Å²) in [6, 6.07) is 13.8. The monoisotopic (exact) mass is 390 g/mol. The zero-order chi connectivity index (χ0) is 19.7. The fourth-order valence-electron chi connectivity index (χ4n) is 4.23. The van der Waals surface area contributed by atoms with Crippen molar-refractivity contribution in [2.24, 2.45) is 0 Å². The standard InChI is InChI=1S/C22H22N4O3/c27-21(22(8-12-28-13-9-22)18-4-2-1-3-5-18)26-14-17(15-26)20-24-19(25-29-20)16-6-10-23-11-7-16/h1-7,10-11,17H,8-9,12-15H2. The first kappa shape index (κ1) is 18.0. The van der Waals surface area contributed by atoms with Crippen molar-refractivity contribution >= 4 is 5.91 Å². The molecule has 2 aliphatic heterocycles. The van der Waals surface area contributed by atoms with Crippen molar-refractivity contribution in [2.75, 3.05) is 26.3 Å². The fourth-order valence-corrected chi connectivity index (χ4v) is 4.23. The number of hydrogen-bond donors (Lipinski definition) is 0. The molecule has 2 fully saturated rings. The summed E-state index contributed by atoms with van der Waals surface area (Å²) in [5.41, 5.74) is 1.45. The molecule has 2 aromatic heterocycles. The van der Waals surface area contributed by atoms with Gasteiger partial charge in [0.1, 0.15) is 0 Å².